The number of methoxy groups -OCH3 is 1. The molecule has 7 N–H and O–H groups in total. The normalized spacial score (nSPS) is 14.8. The minimum atomic E-state index is -0.551. The highest BCUT2D eigenvalue weighted by Crippen LogP contribution is 2.34. The number of anilines is 2. The van der Waals surface area contributed by atoms with Crippen molar-refractivity contribution in [2.24, 2.45) is 16.8 Å². The molecule has 4 bridgehead atoms. The first-order valence-electron chi connectivity index (χ1n) is 14.6. The lowest BCUT2D eigenvalue weighted by atomic mass is 9.96. The summed E-state index contributed by atoms with van der Waals surface area (Å²) in [6, 6.07) is 18.4. The number of fused-ring (bicyclic) bond motifs is 6. The predicted molar refractivity (Wildman–Crippen MR) is 183 cm³/mol. The molecule has 0 aliphatic carbocycles. The van der Waals surface area contributed by atoms with Crippen molar-refractivity contribution in [1.29, 1.82) is 0 Å². The van der Waals surface area contributed by atoms with Gasteiger partial charge in [-0.3, -0.25) is 15.1 Å². The monoisotopic (exact) mass is 660 g/mol. The molecule has 3 aromatic carbocycles. The number of aromatic nitrogens is 2. The second-order valence-electron chi connectivity index (χ2n) is 10.8. The van der Waals surface area contributed by atoms with Crippen LogP contribution in [-0.4, -0.2) is 35.4 Å². The number of hydrazine groups is 1. The highest BCUT2D eigenvalue weighted by Gasteiger charge is 2.23. The van der Waals surface area contributed by atoms with Crippen LogP contribution in [-0.2, 0) is 28.8 Å². The molecule has 0 saturated heterocycles. The third kappa shape index (κ3) is 8.05. The molecule has 1 aromatic heterocycles. The average Bonchev–Trinajstić information content (AvgIpc) is 3.42. The van der Waals surface area contributed by atoms with E-state index < -0.39 is 12.1 Å². The molecule has 11 nitrogen and oxygen atoms in total. The second-order valence-corrected chi connectivity index (χ2v) is 11.6. The minimum Gasteiger partial charge on any atom is -0.453 e. The number of aryl methyl sites for hydroxylation is 2. The van der Waals surface area contributed by atoms with Crippen molar-refractivity contribution in [3.63, 3.8) is 0 Å². The lowest BCUT2D eigenvalue weighted by Gasteiger charge is -2.18. The molecule has 46 heavy (non-hydrogen) atoms. The highest BCUT2D eigenvalue weighted by atomic mass is 35.5. The molecule has 2 heterocycles. The zero-order chi connectivity index (χ0) is 32.6. The number of imidazole rings is 1. The Labute approximate surface area is 276 Å². The van der Waals surface area contributed by atoms with E-state index in [1.165, 1.54) is 30.1 Å². The summed E-state index contributed by atoms with van der Waals surface area (Å²) in [4.78, 5) is 33.4. The van der Waals surface area contributed by atoms with Crippen LogP contribution in [0.15, 0.2) is 71.8 Å². The van der Waals surface area contributed by atoms with Crippen LogP contribution in [0.4, 0.5) is 16.2 Å². The Hall–Kier alpha value is -4.84. The number of H-pyrrole nitrogens is 1. The van der Waals surface area contributed by atoms with Crippen LogP contribution in [0.2, 0.25) is 10.2 Å². The molecule has 1 aliphatic rings. The van der Waals surface area contributed by atoms with Gasteiger partial charge in [-0.25, -0.2) is 15.6 Å². The second kappa shape index (κ2) is 15.0. The summed E-state index contributed by atoms with van der Waals surface area (Å²) in [7, 11) is 1.32. The zero-order valence-corrected chi connectivity index (χ0v) is 26.6. The number of hydrogen-bond acceptors (Lipinski definition) is 7. The summed E-state index contributed by atoms with van der Waals surface area (Å²) >= 11 is 13.0. The number of benzene rings is 3. The Morgan fingerprint density at radius 3 is 2.70 bits per heavy atom. The summed E-state index contributed by atoms with van der Waals surface area (Å²) in [6.07, 6.45) is 7.72. The van der Waals surface area contributed by atoms with E-state index in [0.717, 1.165) is 42.4 Å². The lowest BCUT2D eigenvalue weighted by Crippen LogP contribution is -2.30. The van der Waals surface area contributed by atoms with E-state index in [9.17, 15) is 9.59 Å². The van der Waals surface area contributed by atoms with Gasteiger partial charge in [0, 0.05) is 27.9 Å². The minimum absolute atomic E-state index is 0.344. The smallest absolute Gasteiger partial charge is 0.411 e. The molecule has 0 radical (unpaired) electrons. The highest BCUT2D eigenvalue weighted by molar-refractivity contribution is 6.32. The first kappa shape index (κ1) is 32.6. The van der Waals surface area contributed by atoms with Crippen molar-refractivity contribution in [2.75, 3.05) is 17.4 Å². The molecule has 1 aliphatic heterocycles. The van der Waals surface area contributed by atoms with Gasteiger partial charge < -0.3 is 20.9 Å². The summed E-state index contributed by atoms with van der Waals surface area (Å²) in [6.45, 7) is 0. The van der Waals surface area contributed by atoms with Crippen LogP contribution < -0.4 is 27.3 Å². The molecule has 0 saturated carbocycles. The van der Waals surface area contributed by atoms with Crippen molar-refractivity contribution in [3.8, 4) is 11.3 Å². The fourth-order valence-corrected chi connectivity index (χ4v) is 5.83. The molecule has 5 rings (SSSR count). The van der Waals surface area contributed by atoms with Gasteiger partial charge in [0.2, 0.25) is 5.91 Å². The molecule has 0 unspecified atom stereocenters. The molecule has 0 spiro atoms. The van der Waals surface area contributed by atoms with E-state index in [0.29, 0.717) is 45.1 Å². The van der Waals surface area contributed by atoms with E-state index in [4.69, 9.17) is 44.6 Å². The molecule has 2 amide bonds. The zero-order valence-electron chi connectivity index (χ0n) is 25.1. The fraction of sp³-hybridized carbons (Fsp3) is 0.212. The van der Waals surface area contributed by atoms with Crippen molar-refractivity contribution < 1.29 is 14.3 Å². The van der Waals surface area contributed by atoms with Gasteiger partial charge in [0.25, 0.3) is 0 Å². The summed E-state index contributed by atoms with van der Waals surface area (Å²) < 4.78 is 4.76. The van der Waals surface area contributed by atoms with Crippen LogP contribution in [0, 0.1) is 0 Å². The third-order valence-corrected chi connectivity index (χ3v) is 8.09. The first-order valence-corrected chi connectivity index (χ1v) is 15.4. The quantitative estimate of drug-likeness (QED) is 0.0545. The number of nitrogens with one attached hydrogen (secondary N) is 3. The Kier molecular flexibility index (Phi) is 10.6. The van der Waals surface area contributed by atoms with Crippen molar-refractivity contribution >= 4 is 59.0 Å². The molecule has 238 valence electrons. The SMILES string of the molecule is COC(=O)Nc1ccc2c(c1)CCCCc1cccc(c1)C[C@H](NC(=O)/C=C/c1cc(Cl)ccc1N(N)/C=N\N)c1nc-2c(Cl)[nH]1. The molecule has 0 fully saturated rings. The molecule has 4 aromatic rings. The van der Waals surface area contributed by atoms with E-state index in [2.05, 4.69) is 32.9 Å². The number of rotatable bonds is 6. The largest absolute Gasteiger partial charge is 0.453 e. The Morgan fingerprint density at radius 2 is 1.89 bits per heavy atom. The van der Waals surface area contributed by atoms with Gasteiger partial charge in [0.15, 0.2) is 0 Å². The molecule has 1 atom stereocenters. The number of aromatic amines is 1. The Morgan fingerprint density at radius 1 is 1.09 bits per heavy atom. The van der Waals surface area contributed by atoms with Gasteiger partial charge in [0.1, 0.15) is 23.0 Å². The van der Waals surface area contributed by atoms with Gasteiger partial charge in [0.05, 0.1) is 18.8 Å². The van der Waals surface area contributed by atoms with Crippen molar-refractivity contribution in [2.45, 2.75) is 38.1 Å². The van der Waals surface area contributed by atoms with Gasteiger partial charge >= 0.3 is 6.09 Å². The molecular weight excluding hydrogens is 627 g/mol. The Bertz CT molecular complexity index is 1790. The van der Waals surface area contributed by atoms with Crippen LogP contribution in [0.25, 0.3) is 17.3 Å². The number of ether oxygens (including phenoxy) is 1. The number of amides is 2. The molecular formula is C33H34Cl2N8O3. The number of halogens is 2. The van der Waals surface area contributed by atoms with Crippen LogP contribution >= 0.6 is 23.2 Å². The van der Waals surface area contributed by atoms with Crippen LogP contribution in [0.1, 0.15) is 47.0 Å². The maximum absolute atomic E-state index is 13.4. The number of carbonyl (C=O) groups is 2. The number of hydrogen-bond donors (Lipinski definition) is 5. The lowest BCUT2D eigenvalue weighted by molar-refractivity contribution is -0.117. The van der Waals surface area contributed by atoms with E-state index in [-0.39, 0.29) is 5.91 Å². The topological polar surface area (TPSA) is 164 Å². The summed E-state index contributed by atoms with van der Waals surface area (Å²) in [5.41, 5.74) is 6.38. The van der Waals surface area contributed by atoms with Crippen molar-refractivity contribution in [1.82, 2.24) is 15.3 Å². The average molecular weight is 662 g/mol. The van der Waals surface area contributed by atoms with Crippen molar-refractivity contribution in [3.05, 3.63) is 105 Å². The number of nitrogens with zero attached hydrogens (tertiary/aromatic N) is 3. The van der Waals surface area contributed by atoms with Gasteiger partial charge in [-0.2, -0.15) is 5.10 Å². The van der Waals surface area contributed by atoms with Gasteiger partial charge in [-0.05, 0) is 85.2 Å². The van der Waals surface area contributed by atoms with E-state index in [1.54, 1.807) is 30.3 Å². The third-order valence-electron chi connectivity index (χ3n) is 7.58. The predicted octanol–water partition coefficient (Wildman–Crippen LogP) is 6.14. The van der Waals surface area contributed by atoms with E-state index in [1.807, 2.05) is 24.3 Å². The van der Waals surface area contributed by atoms with E-state index >= 15 is 0 Å². The number of nitrogens with two attached hydrogens (primary N) is 2. The maximum Gasteiger partial charge on any atom is 0.411 e. The fourth-order valence-electron chi connectivity index (χ4n) is 5.41. The summed E-state index contributed by atoms with van der Waals surface area (Å²) in [5, 5.41) is 11.3. The van der Waals surface area contributed by atoms with Crippen LogP contribution in [0.5, 0.6) is 0 Å². The maximum atomic E-state index is 13.4. The summed E-state index contributed by atoms with van der Waals surface area (Å²) in [5.74, 6) is 11.4. The Balaban J connectivity index is 1.49. The number of hydrazone groups is 1. The first-order chi connectivity index (χ1) is 22.2. The van der Waals surface area contributed by atoms with Gasteiger partial charge in [-0.15, -0.1) is 0 Å². The van der Waals surface area contributed by atoms with Gasteiger partial charge in [-0.1, -0.05) is 53.5 Å². The molecule has 13 heteroatoms. The van der Waals surface area contributed by atoms with Crippen LogP contribution in [0.3, 0.4) is 0 Å². The number of carbonyl (C=O) groups excluding carboxylic acids is 2. The standard InChI is InChI=1S/C33H34Cl2N8O3/c1-46-33(45)39-25-11-12-26-22(18-25)8-3-2-5-20-6-4-7-21(15-20)16-27(32-41-30(26)31(35)42-32)40-29(44)14-9-23-17-24(34)10-13-28(23)43(37)19-38-36/h4,6-7,9-15,17-19,27H,2-3,5,8,16,36-37H2,1H3,(H,39,45)(H,40,44)(H,41,42)/b14-9+,38-19-/t27-/m0/s1.